The molecule has 0 radical (unpaired) electrons. The Labute approximate surface area is 449 Å². The maximum atomic E-state index is 14.1. The number of piperidine rings is 2. The minimum Gasteiger partial charge on any atom is -0.632 e. The Hall–Kier alpha value is -4.92. The zero-order chi connectivity index (χ0) is 52.0. The summed E-state index contributed by atoms with van der Waals surface area (Å²) >= 11 is 1.79. The lowest BCUT2D eigenvalue weighted by Crippen LogP contribution is -2.52. The summed E-state index contributed by atoms with van der Waals surface area (Å²) in [5, 5.41) is 16.4. The largest absolute Gasteiger partial charge is 0.632 e. The number of aromatic nitrogens is 2. The number of amides is 2. The van der Waals surface area contributed by atoms with Gasteiger partial charge in [0.25, 0.3) is 11.8 Å². The molecule has 75 heavy (non-hydrogen) atoms. The third-order valence-corrected chi connectivity index (χ3v) is 20.3. The van der Waals surface area contributed by atoms with Crippen LogP contribution in [0.5, 0.6) is 0 Å². The van der Waals surface area contributed by atoms with E-state index in [0.717, 1.165) is 143 Å². The summed E-state index contributed by atoms with van der Waals surface area (Å²) in [7, 11) is -3.26. The third kappa shape index (κ3) is 10.9. The molecule has 6 heterocycles. The third-order valence-electron chi connectivity index (χ3n) is 18.4. The second-order valence-electron chi connectivity index (χ2n) is 23.4. The Morgan fingerprint density at radius 1 is 0.627 bits per heavy atom. The molecule has 12 rings (SSSR count). The van der Waals surface area contributed by atoms with Gasteiger partial charge in [0.2, 0.25) is 0 Å². The van der Waals surface area contributed by atoms with Gasteiger partial charge in [0, 0.05) is 132 Å². The Morgan fingerprint density at radius 2 is 1.12 bits per heavy atom. The number of sulfone groups is 1. The van der Waals surface area contributed by atoms with Crippen LogP contribution >= 0.6 is 11.8 Å². The molecule has 2 amide bonds. The molecule has 11 nitrogen and oxygen atoms in total. The van der Waals surface area contributed by atoms with E-state index in [2.05, 4.69) is 81.5 Å². The molecule has 0 bridgehead atoms. The number of carbonyl (C=O) groups excluding carboxylic acids is 2. The van der Waals surface area contributed by atoms with Crippen molar-refractivity contribution in [2.24, 2.45) is 11.8 Å². The fourth-order valence-corrected chi connectivity index (χ4v) is 14.7. The number of hydroxylamine groups is 3. The topological polar surface area (TPSA) is 111 Å². The number of fused-ring (bicyclic) bond motifs is 6. The van der Waals surface area contributed by atoms with Crippen LogP contribution in [0.1, 0.15) is 145 Å². The maximum Gasteiger partial charge on any atom is 0.253 e. The Balaban J connectivity index is 0.000000161. The molecule has 6 aliphatic rings. The van der Waals surface area contributed by atoms with E-state index in [9.17, 15) is 23.2 Å². The number of thioether (sulfide) groups is 1. The van der Waals surface area contributed by atoms with Crippen LogP contribution in [0.15, 0.2) is 94.7 Å². The fraction of sp³-hybridized carbons (Fsp3) is 0.516. The molecule has 2 saturated heterocycles. The molecule has 1 atom stereocenters. The number of rotatable bonds is 10. The van der Waals surface area contributed by atoms with Crippen LogP contribution in [-0.4, -0.2) is 113 Å². The Kier molecular flexibility index (Phi) is 15.2. The Bertz CT molecular complexity index is 3150. The van der Waals surface area contributed by atoms with Gasteiger partial charge >= 0.3 is 0 Å². The molecule has 13 heteroatoms. The monoisotopic (exact) mass is 1050 g/mol. The van der Waals surface area contributed by atoms with Crippen molar-refractivity contribution in [1.29, 1.82) is 0 Å². The van der Waals surface area contributed by atoms with E-state index < -0.39 is 9.84 Å². The zero-order valence-electron chi connectivity index (χ0n) is 44.9. The highest BCUT2D eigenvalue weighted by Gasteiger charge is 2.38. The van der Waals surface area contributed by atoms with Crippen molar-refractivity contribution in [3.8, 4) is 0 Å². The van der Waals surface area contributed by atoms with Crippen molar-refractivity contribution < 1.29 is 22.7 Å². The minimum absolute atomic E-state index is 0.0798. The van der Waals surface area contributed by atoms with E-state index in [1.165, 1.54) is 70.3 Å². The lowest BCUT2D eigenvalue weighted by atomic mass is 9.97. The van der Waals surface area contributed by atoms with Gasteiger partial charge < -0.3 is 28.8 Å². The number of nitrogens with zero attached hydrogens (tertiary/aromatic N) is 6. The summed E-state index contributed by atoms with van der Waals surface area (Å²) < 4.78 is 28.6. The van der Waals surface area contributed by atoms with Crippen LogP contribution in [0, 0.1) is 17.0 Å². The first-order valence-corrected chi connectivity index (χ1v) is 31.4. The standard InChI is InChI=1S/C31H39N3O4S.C31H39N3OS/c1-22-13-16-32(17-14-22)31(35)24-9-12-29-27(19-24)28-21-34(36,25-5-3-4-6-25)18-15-30(28)33(29)20-23-7-10-26(11-8-23)39(2,37)38;1-22-13-16-32(17-14-22)31(35)24-9-12-29-27(19-24)28-21-33(25-5-3-4-6-25)18-15-30(28)34(29)20-23-7-10-26(36-2)11-8-23/h7-12,19,22,25H,3-6,13-18,20-21H2,1-2H3;7-12,19,22,25H,3-6,13-18,20-21H2,1-2H3. The smallest absolute Gasteiger partial charge is 0.253 e. The highest BCUT2D eigenvalue weighted by Crippen LogP contribution is 2.41. The van der Waals surface area contributed by atoms with Crippen molar-refractivity contribution >= 4 is 55.2 Å². The quantitative estimate of drug-likeness (QED) is 0.0763. The SMILES string of the molecule is CC1CCN(C(=O)c2ccc3c(c2)c2c(n3Cc3ccc(S(C)(=O)=O)cc3)CC[N+]([O-])(C3CCCC3)C2)CC1.CSc1ccc(Cn2c3c(c4cc(C(=O)N5CCC(C)CC5)ccc42)CN(C2CCCC2)CC3)cc1. The molecule has 398 valence electrons. The van der Waals surface area contributed by atoms with Gasteiger partial charge in [-0.15, -0.1) is 11.8 Å². The van der Waals surface area contributed by atoms with Gasteiger partial charge in [-0.2, -0.15) is 0 Å². The summed E-state index contributed by atoms with van der Waals surface area (Å²) in [6.45, 7) is 12.6. The maximum absolute atomic E-state index is 14.1. The van der Waals surface area contributed by atoms with Gasteiger partial charge in [-0.05, 0) is 160 Å². The van der Waals surface area contributed by atoms with Crippen molar-refractivity contribution in [3.05, 3.63) is 135 Å². The van der Waals surface area contributed by atoms with Crippen LogP contribution in [-0.2, 0) is 48.9 Å². The summed E-state index contributed by atoms with van der Waals surface area (Å²) in [5.41, 5.74) is 11.4. The zero-order valence-corrected chi connectivity index (χ0v) is 46.5. The number of likely N-dealkylation sites (tertiary alicyclic amines) is 2. The van der Waals surface area contributed by atoms with Gasteiger partial charge in [-0.25, -0.2) is 8.42 Å². The number of hydrogen-bond donors (Lipinski definition) is 0. The lowest BCUT2D eigenvalue weighted by molar-refractivity contribution is -0.919. The predicted molar refractivity (Wildman–Crippen MR) is 303 cm³/mol. The molecule has 0 N–H and O–H groups in total. The molecular weight excluding hydrogens is 973 g/mol. The molecule has 4 aliphatic heterocycles. The first-order chi connectivity index (χ1) is 36.2. The van der Waals surface area contributed by atoms with Crippen LogP contribution in [0.4, 0.5) is 0 Å². The van der Waals surface area contributed by atoms with Gasteiger partial charge in [0.1, 0.15) is 6.54 Å². The van der Waals surface area contributed by atoms with E-state index in [1.807, 2.05) is 35.2 Å². The summed E-state index contributed by atoms with van der Waals surface area (Å²) in [4.78, 5) is 35.3. The molecule has 2 saturated carbocycles. The van der Waals surface area contributed by atoms with E-state index in [-0.39, 0.29) is 22.5 Å². The lowest BCUT2D eigenvalue weighted by Gasteiger charge is -2.50. The molecule has 1 unspecified atom stereocenters. The number of carbonyl (C=O) groups is 2. The number of benzene rings is 4. The van der Waals surface area contributed by atoms with Crippen molar-refractivity contribution in [1.82, 2.24) is 23.8 Å². The molecule has 4 fully saturated rings. The summed E-state index contributed by atoms with van der Waals surface area (Å²) in [5.74, 6) is 1.67. The average molecular weight is 1050 g/mol. The molecule has 0 spiro atoms. The Morgan fingerprint density at radius 3 is 1.64 bits per heavy atom. The predicted octanol–water partition coefficient (Wildman–Crippen LogP) is 11.9. The first-order valence-electron chi connectivity index (χ1n) is 28.3. The minimum atomic E-state index is -3.26. The number of quaternary nitrogens is 1. The van der Waals surface area contributed by atoms with Crippen LogP contribution in [0.3, 0.4) is 0 Å². The average Bonchev–Trinajstić information content (AvgIpc) is 4.27. The second kappa shape index (κ2) is 21.8. The van der Waals surface area contributed by atoms with Crippen LogP contribution < -0.4 is 0 Å². The summed E-state index contributed by atoms with van der Waals surface area (Å²) in [6.07, 6.45) is 19.2. The highest BCUT2D eigenvalue weighted by molar-refractivity contribution is 7.98. The van der Waals surface area contributed by atoms with Gasteiger partial charge in [0.05, 0.1) is 17.5 Å². The van der Waals surface area contributed by atoms with E-state index >= 15 is 0 Å². The fourth-order valence-electron chi connectivity index (χ4n) is 13.7. The van der Waals surface area contributed by atoms with Crippen LogP contribution in [0.2, 0.25) is 0 Å². The van der Waals surface area contributed by atoms with Crippen molar-refractivity contribution in [2.45, 2.75) is 152 Å². The van der Waals surface area contributed by atoms with E-state index in [4.69, 9.17) is 0 Å². The molecule has 6 aromatic rings. The van der Waals surface area contributed by atoms with E-state index in [1.54, 1.807) is 23.9 Å². The molecule has 2 aromatic heterocycles. The normalized spacial score (nSPS) is 21.4. The molecular formula is C62H78N6O5S2. The van der Waals surface area contributed by atoms with E-state index in [0.29, 0.717) is 42.4 Å². The summed E-state index contributed by atoms with van der Waals surface area (Å²) in [6, 6.07) is 29.5. The second-order valence-corrected chi connectivity index (χ2v) is 26.3. The van der Waals surface area contributed by atoms with Crippen molar-refractivity contribution in [3.63, 3.8) is 0 Å². The molecule has 4 aromatic carbocycles. The van der Waals surface area contributed by atoms with Gasteiger partial charge in [-0.3, -0.25) is 14.5 Å². The number of hydrogen-bond acceptors (Lipinski definition) is 7. The first kappa shape index (κ1) is 52.1. The van der Waals surface area contributed by atoms with Gasteiger partial charge in [0.15, 0.2) is 9.84 Å². The molecule has 2 aliphatic carbocycles. The van der Waals surface area contributed by atoms with Gasteiger partial charge in [-0.1, -0.05) is 51.0 Å². The highest BCUT2D eigenvalue weighted by atomic mass is 32.2. The van der Waals surface area contributed by atoms with Crippen LogP contribution in [0.25, 0.3) is 21.8 Å². The van der Waals surface area contributed by atoms with Crippen molar-refractivity contribution in [2.75, 3.05) is 51.8 Å².